The van der Waals surface area contributed by atoms with Crippen LogP contribution in [0.4, 0.5) is 0 Å². The van der Waals surface area contributed by atoms with E-state index in [1.807, 2.05) is 0 Å². The average molecular weight is 289 g/mol. The van der Waals surface area contributed by atoms with Gasteiger partial charge in [0, 0.05) is 18.1 Å². The van der Waals surface area contributed by atoms with Crippen molar-refractivity contribution in [2.75, 3.05) is 6.54 Å². The van der Waals surface area contributed by atoms with Crippen LogP contribution in [0.2, 0.25) is 5.02 Å². The number of hydrogen-bond acceptors (Lipinski definition) is 3. The maximum Gasteiger partial charge on any atom is 0.240 e. The molecule has 1 aliphatic rings. The third kappa shape index (κ3) is 3.03. The number of sulfonamides is 1. The van der Waals surface area contributed by atoms with Crippen LogP contribution in [0.15, 0.2) is 23.1 Å². The van der Waals surface area contributed by atoms with Crippen LogP contribution in [0.5, 0.6) is 0 Å². The zero-order valence-corrected chi connectivity index (χ0v) is 11.8. The van der Waals surface area contributed by atoms with Crippen molar-refractivity contribution in [1.82, 2.24) is 4.72 Å². The SMILES string of the molecule is CC1(CNS(=O)(=O)c2ccc(CN)c(Cl)c2)CC1. The quantitative estimate of drug-likeness (QED) is 0.869. The highest BCUT2D eigenvalue weighted by Gasteiger charge is 2.38. The number of hydrogen-bond donors (Lipinski definition) is 2. The summed E-state index contributed by atoms with van der Waals surface area (Å²) in [4.78, 5) is 0.189. The van der Waals surface area contributed by atoms with E-state index in [4.69, 9.17) is 17.3 Å². The highest BCUT2D eigenvalue weighted by molar-refractivity contribution is 7.89. The standard InChI is InChI=1S/C12H17ClN2O2S/c1-12(4-5-12)8-15-18(16,17)10-3-2-9(7-14)11(13)6-10/h2-3,6,15H,4-5,7-8,14H2,1H3. The number of nitrogens with two attached hydrogens (primary N) is 1. The number of halogens is 1. The van der Waals surface area contributed by atoms with Crippen LogP contribution in [0.1, 0.15) is 25.3 Å². The van der Waals surface area contributed by atoms with Crippen LogP contribution in [-0.2, 0) is 16.6 Å². The predicted molar refractivity (Wildman–Crippen MR) is 71.9 cm³/mol. The molecule has 6 heteroatoms. The minimum absolute atomic E-state index is 0.133. The van der Waals surface area contributed by atoms with E-state index < -0.39 is 10.0 Å². The van der Waals surface area contributed by atoms with E-state index in [9.17, 15) is 8.42 Å². The molecule has 4 nitrogen and oxygen atoms in total. The number of nitrogens with one attached hydrogen (secondary N) is 1. The summed E-state index contributed by atoms with van der Waals surface area (Å²) in [5.74, 6) is 0. The van der Waals surface area contributed by atoms with E-state index in [0.29, 0.717) is 18.1 Å². The Kier molecular flexibility index (Phi) is 3.69. The van der Waals surface area contributed by atoms with Crippen molar-refractivity contribution in [2.24, 2.45) is 11.1 Å². The summed E-state index contributed by atoms with van der Waals surface area (Å²) >= 11 is 5.97. The lowest BCUT2D eigenvalue weighted by atomic mass is 10.2. The van der Waals surface area contributed by atoms with Gasteiger partial charge in [-0.05, 0) is 36.0 Å². The van der Waals surface area contributed by atoms with Gasteiger partial charge in [0.15, 0.2) is 0 Å². The summed E-state index contributed by atoms with van der Waals surface area (Å²) in [5, 5.41) is 0.387. The van der Waals surface area contributed by atoms with Crippen LogP contribution in [0, 0.1) is 5.41 Å². The van der Waals surface area contributed by atoms with Gasteiger partial charge in [0.05, 0.1) is 4.90 Å². The largest absolute Gasteiger partial charge is 0.326 e. The number of rotatable bonds is 5. The van der Waals surface area contributed by atoms with Gasteiger partial charge in [0.1, 0.15) is 0 Å². The lowest BCUT2D eigenvalue weighted by Gasteiger charge is -2.11. The second-order valence-electron chi connectivity index (χ2n) is 5.09. The maximum absolute atomic E-state index is 12.1. The lowest BCUT2D eigenvalue weighted by molar-refractivity contribution is 0.530. The summed E-state index contributed by atoms with van der Waals surface area (Å²) in [5.41, 5.74) is 6.36. The molecular weight excluding hydrogens is 272 g/mol. The van der Waals surface area contributed by atoms with E-state index in [2.05, 4.69) is 11.6 Å². The van der Waals surface area contributed by atoms with Gasteiger partial charge in [-0.25, -0.2) is 13.1 Å². The smallest absolute Gasteiger partial charge is 0.240 e. The molecule has 0 radical (unpaired) electrons. The minimum atomic E-state index is -3.48. The van der Waals surface area contributed by atoms with Crippen molar-refractivity contribution < 1.29 is 8.42 Å². The van der Waals surface area contributed by atoms with Gasteiger partial charge in [-0.1, -0.05) is 24.6 Å². The van der Waals surface area contributed by atoms with Crippen molar-refractivity contribution in [3.05, 3.63) is 28.8 Å². The molecule has 100 valence electrons. The Hall–Kier alpha value is -0.620. The molecule has 3 N–H and O–H groups in total. The molecule has 1 aromatic carbocycles. The summed E-state index contributed by atoms with van der Waals surface area (Å²) in [6.07, 6.45) is 2.14. The Bertz CT molecular complexity index is 553. The first-order chi connectivity index (χ1) is 8.36. The van der Waals surface area contributed by atoms with E-state index in [-0.39, 0.29) is 10.3 Å². The van der Waals surface area contributed by atoms with Crippen LogP contribution in [0.3, 0.4) is 0 Å². The van der Waals surface area contributed by atoms with Crippen LogP contribution < -0.4 is 10.5 Å². The molecule has 0 atom stereocenters. The van der Waals surface area contributed by atoms with Gasteiger partial charge in [0.2, 0.25) is 10.0 Å². The van der Waals surface area contributed by atoms with Crippen molar-refractivity contribution in [2.45, 2.75) is 31.2 Å². The Morgan fingerprint density at radius 1 is 1.44 bits per heavy atom. The van der Waals surface area contributed by atoms with Crippen molar-refractivity contribution in [1.29, 1.82) is 0 Å². The fourth-order valence-electron chi connectivity index (χ4n) is 1.60. The zero-order chi connectivity index (χ0) is 13.4. The minimum Gasteiger partial charge on any atom is -0.326 e. The van der Waals surface area contributed by atoms with Gasteiger partial charge in [-0.15, -0.1) is 0 Å². The van der Waals surface area contributed by atoms with Crippen LogP contribution >= 0.6 is 11.6 Å². The van der Waals surface area contributed by atoms with Gasteiger partial charge in [0.25, 0.3) is 0 Å². The molecule has 1 aliphatic carbocycles. The molecule has 1 fully saturated rings. The second-order valence-corrected chi connectivity index (χ2v) is 7.27. The first-order valence-corrected chi connectivity index (χ1v) is 7.71. The van der Waals surface area contributed by atoms with Gasteiger partial charge >= 0.3 is 0 Å². The normalized spacial score (nSPS) is 17.7. The van der Waals surface area contributed by atoms with Gasteiger partial charge < -0.3 is 5.73 Å². The summed E-state index contributed by atoms with van der Waals surface area (Å²) < 4.78 is 26.7. The third-order valence-electron chi connectivity index (χ3n) is 3.35. The van der Waals surface area contributed by atoms with Gasteiger partial charge in [-0.2, -0.15) is 0 Å². The van der Waals surface area contributed by atoms with E-state index in [1.165, 1.54) is 12.1 Å². The van der Waals surface area contributed by atoms with Crippen molar-refractivity contribution in [3.63, 3.8) is 0 Å². The summed E-state index contributed by atoms with van der Waals surface area (Å²) in [6, 6.07) is 4.63. The van der Waals surface area contributed by atoms with E-state index in [0.717, 1.165) is 18.4 Å². The Morgan fingerprint density at radius 2 is 2.11 bits per heavy atom. The van der Waals surface area contributed by atoms with Crippen molar-refractivity contribution in [3.8, 4) is 0 Å². The predicted octanol–water partition coefficient (Wildman–Crippen LogP) is 1.88. The molecule has 0 saturated heterocycles. The molecule has 18 heavy (non-hydrogen) atoms. The summed E-state index contributed by atoms with van der Waals surface area (Å²) in [7, 11) is -3.48. The fourth-order valence-corrected chi connectivity index (χ4v) is 3.15. The van der Waals surface area contributed by atoms with Crippen LogP contribution in [0.25, 0.3) is 0 Å². The fraction of sp³-hybridized carbons (Fsp3) is 0.500. The maximum atomic E-state index is 12.1. The van der Waals surface area contributed by atoms with E-state index >= 15 is 0 Å². The monoisotopic (exact) mass is 288 g/mol. The molecule has 0 amide bonds. The Balaban J connectivity index is 2.16. The van der Waals surface area contributed by atoms with Gasteiger partial charge in [-0.3, -0.25) is 0 Å². The molecule has 0 aromatic heterocycles. The lowest BCUT2D eigenvalue weighted by Crippen LogP contribution is -2.29. The molecule has 0 unspecified atom stereocenters. The van der Waals surface area contributed by atoms with E-state index in [1.54, 1.807) is 6.07 Å². The van der Waals surface area contributed by atoms with Crippen molar-refractivity contribution >= 4 is 21.6 Å². The first-order valence-electron chi connectivity index (χ1n) is 5.84. The molecular formula is C12H17ClN2O2S. The highest BCUT2D eigenvalue weighted by atomic mass is 35.5. The average Bonchev–Trinajstić information content (AvgIpc) is 3.06. The Labute approximate surface area is 113 Å². The number of benzene rings is 1. The zero-order valence-electron chi connectivity index (χ0n) is 10.2. The second kappa shape index (κ2) is 4.81. The summed E-state index contributed by atoms with van der Waals surface area (Å²) in [6.45, 7) is 2.84. The molecule has 1 aromatic rings. The molecule has 0 spiro atoms. The molecule has 2 rings (SSSR count). The molecule has 0 heterocycles. The highest BCUT2D eigenvalue weighted by Crippen LogP contribution is 2.44. The molecule has 1 saturated carbocycles. The Morgan fingerprint density at radius 3 is 2.61 bits per heavy atom. The third-order valence-corrected chi connectivity index (χ3v) is 5.10. The van der Waals surface area contributed by atoms with Crippen LogP contribution in [-0.4, -0.2) is 15.0 Å². The molecule has 0 bridgehead atoms. The molecule has 0 aliphatic heterocycles. The topological polar surface area (TPSA) is 72.2 Å². The first kappa shape index (κ1) is 13.8.